The number of nitrogens with one attached hydrogen (secondary N) is 1. The zero-order chi connectivity index (χ0) is 11.1. The maximum atomic E-state index is 11.2. The molecule has 0 heterocycles. The van der Waals surface area contributed by atoms with E-state index in [1.165, 1.54) is 0 Å². The first kappa shape index (κ1) is 11.6. The Hall–Kier alpha value is -1.47. The topological polar surface area (TPSA) is 38.3 Å². The predicted octanol–water partition coefficient (Wildman–Crippen LogP) is 2.38. The lowest BCUT2D eigenvalue weighted by molar-refractivity contribution is -0.111. The Bertz CT molecular complexity index is 407. The highest BCUT2D eigenvalue weighted by Gasteiger charge is 2.04. The third kappa shape index (κ3) is 3.64. The quantitative estimate of drug-likeness (QED) is 0.855. The van der Waals surface area contributed by atoms with Crippen LogP contribution in [0.25, 0.3) is 0 Å². The number of carbonyl (C=O) groups is 1. The van der Waals surface area contributed by atoms with Crippen LogP contribution in [0.5, 0.6) is 5.75 Å². The van der Waals surface area contributed by atoms with Crippen molar-refractivity contribution in [3.05, 3.63) is 24.3 Å². The van der Waals surface area contributed by atoms with Gasteiger partial charge in [0.05, 0.1) is 12.3 Å². The van der Waals surface area contributed by atoms with E-state index >= 15 is 0 Å². The molecule has 0 spiro atoms. The van der Waals surface area contributed by atoms with E-state index < -0.39 is 0 Å². The van der Waals surface area contributed by atoms with Crippen LogP contribution in [-0.2, 0) is 4.79 Å². The van der Waals surface area contributed by atoms with Crippen LogP contribution in [0, 0.1) is 10.8 Å². The highest BCUT2D eigenvalue weighted by Crippen LogP contribution is 2.23. The Labute approximate surface area is 96.9 Å². The molecule has 3 nitrogen and oxygen atoms in total. The van der Waals surface area contributed by atoms with Crippen LogP contribution in [0.2, 0.25) is 0 Å². The molecule has 1 aromatic rings. The molecule has 4 heteroatoms. The minimum Gasteiger partial charge on any atom is -0.492 e. The first-order valence-corrected chi connectivity index (χ1v) is 5.21. The van der Waals surface area contributed by atoms with E-state index in [9.17, 15) is 4.79 Å². The standard InChI is InChI=1S/C11H10BrNO2/c1-2-15-10-6-4-3-5-9(10)13-11(14)7-8-12/h3-6H,2H2,1H3,(H,13,14). The molecule has 0 fully saturated rings. The molecule has 0 aliphatic heterocycles. The van der Waals surface area contributed by atoms with Crippen LogP contribution in [0.3, 0.4) is 0 Å². The van der Waals surface area contributed by atoms with Crippen LogP contribution in [0.15, 0.2) is 24.3 Å². The molecule has 1 amide bonds. The number of ether oxygens (including phenoxy) is 1. The van der Waals surface area contributed by atoms with Crippen molar-refractivity contribution in [2.75, 3.05) is 11.9 Å². The van der Waals surface area contributed by atoms with E-state index in [2.05, 4.69) is 32.0 Å². The molecule has 1 aromatic carbocycles. The van der Waals surface area contributed by atoms with Crippen LogP contribution in [-0.4, -0.2) is 12.5 Å². The average Bonchev–Trinajstić information content (AvgIpc) is 2.21. The van der Waals surface area contributed by atoms with Gasteiger partial charge in [-0.1, -0.05) is 12.1 Å². The van der Waals surface area contributed by atoms with Gasteiger partial charge in [0, 0.05) is 21.9 Å². The summed E-state index contributed by atoms with van der Waals surface area (Å²) < 4.78 is 5.34. The van der Waals surface area contributed by atoms with Crippen LogP contribution in [0.4, 0.5) is 5.69 Å². The summed E-state index contributed by atoms with van der Waals surface area (Å²) in [6.07, 6.45) is 0. The Morgan fingerprint density at radius 3 is 2.93 bits per heavy atom. The summed E-state index contributed by atoms with van der Waals surface area (Å²) in [5.41, 5.74) is 0.625. The van der Waals surface area contributed by atoms with E-state index in [-0.39, 0.29) is 5.91 Å². The van der Waals surface area contributed by atoms with Crippen molar-refractivity contribution < 1.29 is 9.53 Å². The SMILES string of the molecule is CCOc1ccccc1NC(=O)C#CBr. The highest BCUT2D eigenvalue weighted by atomic mass is 79.9. The second kappa shape index (κ2) is 6.10. The normalized spacial score (nSPS) is 8.67. The summed E-state index contributed by atoms with van der Waals surface area (Å²) in [7, 11) is 0. The van der Waals surface area contributed by atoms with Gasteiger partial charge in [-0.05, 0) is 23.9 Å². The van der Waals surface area contributed by atoms with Gasteiger partial charge in [-0.15, -0.1) is 0 Å². The van der Waals surface area contributed by atoms with Crippen LogP contribution < -0.4 is 10.1 Å². The molecule has 1 rings (SSSR count). The van der Waals surface area contributed by atoms with Crippen molar-refractivity contribution in [2.24, 2.45) is 0 Å². The van der Waals surface area contributed by atoms with Gasteiger partial charge in [0.2, 0.25) is 0 Å². The van der Waals surface area contributed by atoms with Gasteiger partial charge in [-0.3, -0.25) is 4.79 Å². The van der Waals surface area contributed by atoms with Crippen molar-refractivity contribution in [3.8, 4) is 16.5 Å². The maximum absolute atomic E-state index is 11.2. The number of rotatable bonds is 3. The summed E-state index contributed by atoms with van der Waals surface area (Å²) >= 11 is 2.86. The zero-order valence-electron chi connectivity index (χ0n) is 8.21. The van der Waals surface area contributed by atoms with Crippen molar-refractivity contribution in [3.63, 3.8) is 0 Å². The molecule has 0 saturated heterocycles. The molecule has 0 radical (unpaired) electrons. The molecule has 78 valence electrons. The number of anilines is 1. The van der Waals surface area contributed by atoms with Gasteiger partial charge in [0.25, 0.3) is 0 Å². The first-order valence-electron chi connectivity index (χ1n) is 4.42. The summed E-state index contributed by atoms with van der Waals surface area (Å²) in [4.78, 5) is 13.5. The van der Waals surface area contributed by atoms with Crippen LogP contribution in [0.1, 0.15) is 6.92 Å². The first-order chi connectivity index (χ1) is 7.27. The fourth-order valence-electron chi connectivity index (χ4n) is 1.05. The predicted molar refractivity (Wildman–Crippen MR) is 62.9 cm³/mol. The lowest BCUT2D eigenvalue weighted by Gasteiger charge is -2.08. The monoisotopic (exact) mass is 267 g/mol. The van der Waals surface area contributed by atoms with E-state index in [0.29, 0.717) is 18.0 Å². The Morgan fingerprint density at radius 2 is 2.27 bits per heavy atom. The van der Waals surface area contributed by atoms with Crippen molar-refractivity contribution >= 4 is 27.5 Å². The smallest absolute Gasteiger partial charge is 0.301 e. The Kier molecular flexibility index (Phi) is 4.72. The maximum Gasteiger partial charge on any atom is 0.301 e. The molecular formula is C11H10BrNO2. The Morgan fingerprint density at radius 1 is 1.53 bits per heavy atom. The van der Waals surface area contributed by atoms with Gasteiger partial charge in [0.1, 0.15) is 5.75 Å². The van der Waals surface area contributed by atoms with E-state index in [1.807, 2.05) is 19.1 Å². The molecule has 1 N–H and O–H groups in total. The van der Waals surface area contributed by atoms with Gasteiger partial charge in [0.15, 0.2) is 0 Å². The number of para-hydroxylation sites is 2. The minimum atomic E-state index is -0.376. The molecule has 0 bridgehead atoms. The molecule has 0 atom stereocenters. The van der Waals surface area contributed by atoms with Gasteiger partial charge < -0.3 is 10.1 Å². The number of carbonyl (C=O) groups excluding carboxylic acids is 1. The molecule has 0 aliphatic carbocycles. The van der Waals surface area contributed by atoms with E-state index in [1.54, 1.807) is 12.1 Å². The minimum absolute atomic E-state index is 0.376. The molecule has 15 heavy (non-hydrogen) atoms. The number of amides is 1. The Balaban J connectivity index is 2.82. The van der Waals surface area contributed by atoms with Gasteiger partial charge in [-0.25, -0.2) is 0 Å². The number of halogens is 1. The largest absolute Gasteiger partial charge is 0.492 e. The summed E-state index contributed by atoms with van der Waals surface area (Å²) in [5, 5.41) is 2.63. The van der Waals surface area contributed by atoms with Crippen molar-refractivity contribution in [2.45, 2.75) is 6.92 Å². The number of hydrogen-bond donors (Lipinski definition) is 1. The fraction of sp³-hybridized carbons (Fsp3) is 0.182. The third-order valence-corrected chi connectivity index (χ3v) is 1.79. The second-order valence-corrected chi connectivity index (χ2v) is 3.00. The average molecular weight is 268 g/mol. The van der Waals surface area contributed by atoms with Crippen molar-refractivity contribution in [1.29, 1.82) is 0 Å². The second-order valence-electron chi connectivity index (χ2n) is 2.60. The lowest BCUT2D eigenvalue weighted by Crippen LogP contribution is -2.09. The number of hydrogen-bond acceptors (Lipinski definition) is 2. The van der Waals surface area contributed by atoms with Gasteiger partial charge in [-0.2, -0.15) is 0 Å². The molecule has 0 unspecified atom stereocenters. The third-order valence-electron chi connectivity index (χ3n) is 1.60. The fourth-order valence-corrected chi connectivity index (χ4v) is 1.23. The highest BCUT2D eigenvalue weighted by molar-refractivity contribution is 9.12. The number of benzene rings is 1. The van der Waals surface area contributed by atoms with E-state index in [4.69, 9.17) is 4.74 Å². The summed E-state index contributed by atoms with van der Waals surface area (Å²) in [5.74, 6) is 2.59. The molecule has 0 aromatic heterocycles. The lowest BCUT2D eigenvalue weighted by atomic mass is 10.3. The molecular weight excluding hydrogens is 258 g/mol. The molecule has 0 saturated carbocycles. The molecule has 0 aliphatic rings. The zero-order valence-corrected chi connectivity index (χ0v) is 9.80. The van der Waals surface area contributed by atoms with Gasteiger partial charge >= 0.3 is 5.91 Å². The summed E-state index contributed by atoms with van der Waals surface area (Å²) in [6, 6.07) is 7.22. The van der Waals surface area contributed by atoms with E-state index in [0.717, 1.165) is 0 Å². The van der Waals surface area contributed by atoms with Crippen LogP contribution >= 0.6 is 15.9 Å². The summed E-state index contributed by atoms with van der Waals surface area (Å²) in [6.45, 7) is 2.44. The van der Waals surface area contributed by atoms with Crippen molar-refractivity contribution in [1.82, 2.24) is 0 Å².